The minimum atomic E-state index is 0.977. The standard InChI is InChI=1S/C6H11.C3H4NS/c1-2-4-6-5-3-1;1-2-5-3-4-1/h1H,2-6H2;1-2H2. The lowest BCUT2D eigenvalue weighted by Crippen LogP contribution is -1.87. The van der Waals surface area contributed by atoms with Crippen LogP contribution in [-0.2, 0) is 0 Å². The molecule has 2 radical (unpaired) electrons. The lowest BCUT2D eigenvalue weighted by atomic mass is 10.0. The molecular weight excluding hydrogens is 154 g/mol. The van der Waals surface area contributed by atoms with Crippen LogP contribution in [0.25, 0.3) is 0 Å². The number of nitrogens with zero attached hydrogens (tertiary/aromatic N) is 1. The summed E-state index contributed by atoms with van der Waals surface area (Å²) in [5, 5.41) is 0. The van der Waals surface area contributed by atoms with E-state index >= 15 is 0 Å². The highest BCUT2D eigenvalue weighted by molar-refractivity contribution is 8.12. The quantitative estimate of drug-likeness (QED) is 0.543. The lowest BCUT2D eigenvalue weighted by molar-refractivity contribution is 0.593. The average Bonchev–Trinajstić information content (AvgIpc) is 2.64. The van der Waals surface area contributed by atoms with Crippen LogP contribution >= 0.6 is 11.8 Å². The van der Waals surface area contributed by atoms with Gasteiger partial charge in [0.2, 0.25) is 0 Å². The second-order valence-electron chi connectivity index (χ2n) is 2.75. The molecule has 0 aromatic heterocycles. The van der Waals surface area contributed by atoms with Crippen LogP contribution < -0.4 is 0 Å². The van der Waals surface area contributed by atoms with Crippen LogP contribution in [0.1, 0.15) is 32.1 Å². The minimum absolute atomic E-state index is 0.977. The molecule has 0 saturated heterocycles. The molecule has 1 aliphatic heterocycles. The minimum Gasteiger partial charge on any atom is -0.275 e. The van der Waals surface area contributed by atoms with E-state index in [2.05, 4.69) is 17.0 Å². The number of hydrogen-bond acceptors (Lipinski definition) is 2. The highest BCUT2D eigenvalue weighted by Gasteiger charge is 1.95. The third-order valence-corrected chi connectivity index (χ3v) is 2.40. The van der Waals surface area contributed by atoms with Gasteiger partial charge in [-0.1, -0.05) is 32.1 Å². The van der Waals surface area contributed by atoms with Gasteiger partial charge in [-0.2, -0.15) is 0 Å². The van der Waals surface area contributed by atoms with Crippen molar-refractivity contribution in [2.75, 3.05) is 12.3 Å². The Labute approximate surface area is 73.7 Å². The summed E-state index contributed by atoms with van der Waals surface area (Å²) in [5.74, 6) is 1.14. The maximum Gasteiger partial charge on any atom is 0.122 e. The third-order valence-electron chi connectivity index (χ3n) is 1.75. The molecule has 1 nitrogen and oxygen atoms in total. The summed E-state index contributed by atoms with van der Waals surface area (Å²) in [6.45, 7) is 0.977. The van der Waals surface area contributed by atoms with Crippen LogP contribution in [0.2, 0.25) is 0 Å². The topological polar surface area (TPSA) is 12.4 Å². The molecule has 2 aliphatic rings. The van der Waals surface area contributed by atoms with Crippen LogP contribution in [0, 0.1) is 6.42 Å². The molecule has 11 heavy (non-hydrogen) atoms. The number of aliphatic imine (C=N–C) groups is 1. The number of thioether (sulfide) groups is 1. The van der Waals surface area contributed by atoms with Gasteiger partial charge in [0.05, 0.1) is 0 Å². The summed E-state index contributed by atoms with van der Waals surface area (Å²) in [4.78, 5) is 3.80. The summed E-state index contributed by atoms with van der Waals surface area (Å²) >= 11 is 1.66. The van der Waals surface area contributed by atoms with Crippen molar-refractivity contribution in [2.24, 2.45) is 4.99 Å². The van der Waals surface area contributed by atoms with Crippen molar-refractivity contribution in [3.05, 3.63) is 6.42 Å². The van der Waals surface area contributed by atoms with Crippen LogP contribution in [0.15, 0.2) is 4.99 Å². The van der Waals surface area contributed by atoms with E-state index in [0.29, 0.717) is 0 Å². The molecular formula is C9H15NS. The molecule has 62 valence electrons. The molecule has 2 rings (SSSR count). The van der Waals surface area contributed by atoms with Gasteiger partial charge in [-0.3, -0.25) is 4.99 Å². The fourth-order valence-corrected chi connectivity index (χ4v) is 1.58. The van der Waals surface area contributed by atoms with Crippen molar-refractivity contribution in [1.82, 2.24) is 0 Å². The second-order valence-corrected chi connectivity index (χ2v) is 3.63. The van der Waals surface area contributed by atoms with Gasteiger partial charge in [0.1, 0.15) is 5.55 Å². The molecule has 0 N–H and O–H groups in total. The van der Waals surface area contributed by atoms with Crippen molar-refractivity contribution in [1.29, 1.82) is 0 Å². The van der Waals surface area contributed by atoms with E-state index < -0.39 is 0 Å². The van der Waals surface area contributed by atoms with E-state index in [9.17, 15) is 0 Å². The zero-order valence-electron chi connectivity index (χ0n) is 6.88. The molecule has 0 atom stereocenters. The number of hydrogen-bond donors (Lipinski definition) is 0. The van der Waals surface area contributed by atoms with E-state index in [0.717, 1.165) is 12.3 Å². The Kier molecular flexibility index (Phi) is 5.56. The largest absolute Gasteiger partial charge is 0.275 e. The first kappa shape index (κ1) is 9.11. The Morgan fingerprint density at radius 2 is 2.00 bits per heavy atom. The fourth-order valence-electron chi connectivity index (χ4n) is 1.13. The summed E-state index contributed by atoms with van der Waals surface area (Å²) < 4.78 is 0. The van der Waals surface area contributed by atoms with Crippen molar-refractivity contribution in [2.45, 2.75) is 32.1 Å². The summed E-state index contributed by atoms with van der Waals surface area (Å²) in [6.07, 6.45) is 9.50. The molecule has 0 bridgehead atoms. The maximum atomic E-state index is 3.80. The van der Waals surface area contributed by atoms with E-state index in [1.165, 1.54) is 32.1 Å². The molecule has 0 amide bonds. The van der Waals surface area contributed by atoms with Gasteiger partial charge in [0, 0.05) is 12.3 Å². The Morgan fingerprint density at radius 1 is 1.18 bits per heavy atom. The molecule has 0 unspecified atom stereocenters. The Balaban J connectivity index is 0.000000112. The first-order valence-electron chi connectivity index (χ1n) is 4.35. The van der Waals surface area contributed by atoms with Gasteiger partial charge in [0.25, 0.3) is 0 Å². The zero-order valence-corrected chi connectivity index (χ0v) is 7.70. The monoisotopic (exact) mass is 169 g/mol. The predicted octanol–water partition coefficient (Wildman–Crippen LogP) is 2.79. The molecule has 0 spiro atoms. The van der Waals surface area contributed by atoms with Gasteiger partial charge >= 0.3 is 0 Å². The number of rotatable bonds is 0. The Hall–Kier alpha value is 0.0200. The normalized spacial score (nSPS) is 22.5. The smallest absolute Gasteiger partial charge is 0.122 e. The van der Waals surface area contributed by atoms with Crippen LogP contribution in [-0.4, -0.2) is 17.8 Å². The van der Waals surface area contributed by atoms with E-state index in [1.807, 2.05) is 0 Å². The Bertz CT molecular complexity index is 90.6. The lowest BCUT2D eigenvalue weighted by Gasteiger charge is -2.05. The van der Waals surface area contributed by atoms with E-state index in [4.69, 9.17) is 0 Å². The van der Waals surface area contributed by atoms with Crippen LogP contribution in [0.4, 0.5) is 0 Å². The summed E-state index contributed by atoms with van der Waals surface area (Å²) in [5.41, 5.74) is 2.76. The molecule has 1 aliphatic carbocycles. The van der Waals surface area contributed by atoms with Crippen molar-refractivity contribution >= 4 is 17.3 Å². The van der Waals surface area contributed by atoms with Crippen molar-refractivity contribution in [3.63, 3.8) is 0 Å². The second kappa shape index (κ2) is 6.71. The summed E-state index contributed by atoms with van der Waals surface area (Å²) in [7, 11) is 0. The molecule has 2 heteroatoms. The van der Waals surface area contributed by atoms with Gasteiger partial charge in [-0.15, -0.1) is 11.8 Å². The highest BCUT2D eigenvalue weighted by Crippen LogP contribution is 2.14. The predicted molar refractivity (Wildman–Crippen MR) is 52.1 cm³/mol. The molecule has 1 heterocycles. The van der Waals surface area contributed by atoms with E-state index in [-0.39, 0.29) is 0 Å². The first-order chi connectivity index (χ1) is 5.50. The van der Waals surface area contributed by atoms with Crippen LogP contribution in [0.5, 0.6) is 0 Å². The van der Waals surface area contributed by atoms with E-state index in [1.54, 1.807) is 11.8 Å². The van der Waals surface area contributed by atoms with Crippen molar-refractivity contribution in [3.8, 4) is 0 Å². The third kappa shape index (κ3) is 5.31. The first-order valence-corrected chi connectivity index (χ1v) is 5.33. The van der Waals surface area contributed by atoms with Gasteiger partial charge in [-0.25, -0.2) is 0 Å². The van der Waals surface area contributed by atoms with Gasteiger partial charge < -0.3 is 0 Å². The van der Waals surface area contributed by atoms with Crippen LogP contribution in [0.3, 0.4) is 0 Å². The van der Waals surface area contributed by atoms with Gasteiger partial charge in [0.15, 0.2) is 0 Å². The zero-order chi connectivity index (χ0) is 7.78. The SMILES string of the molecule is [CH]1CCCCC1.[C]1=NCCS1. The van der Waals surface area contributed by atoms with Gasteiger partial charge in [-0.05, 0) is 6.42 Å². The molecule has 0 aromatic carbocycles. The Morgan fingerprint density at radius 3 is 2.18 bits per heavy atom. The van der Waals surface area contributed by atoms with Crippen molar-refractivity contribution < 1.29 is 0 Å². The summed E-state index contributed by atoms with van der Waals surface area (Å²) in [6, 6.07) is 0. The molecule has 1 saturated carbocycles. The molecule has 0 aromatic rings. The average molecular weight is 169 g/mol. The fraction of sp³-hybridized carbons (Fsp3) is 0.778. The highest BCUT2D eigenvalue weighted by atomic mass is 32.2. The molecule has 1 fully saturated rings. The maximum absolute atomic E-state index is 3.80.